The maximum Gasteiger partial charge on any atom is 0.476 e. The van der Waals surface area contributed by atoms with E-state index in [1.165, 1.54) is 6.42 Å². The minimum absolute atomic E-state index is 0.0536. The van der Waals surface area contributed by atoms with Gasteiger partial charge in [-0.2, -0.15) is 0 Å². The van der Waals surface area contributed by atoms with Gasteiger partial charge >= 0.3 is 7.12 Å². The molecule has 2 saturated heterocycles. The molecule has 6 heteroatoms. The van der Waals surface area contributed by atoms with Crippen LogP contribution in [0.1, 0.15) is 53.4 Å². The molecule has 5 nitrogen and oxygen atoms in total. The van der Waals surface area contributed by atoms with Crippen LogP contribution in [0.4, 0.5) is 0 Å². The third kappa shape index (κ3) is 4.06. The molecule has 0 bridgehead atoms. The van der Waals surface area contributed by atoms with Crippen molar-refractivity contribution < 1.29 is 14.0 Å². The van der Waals surface area contributed by atoms with Gasteiger partial charge in [-0.1, -0.05) is 0 Å². The summed E-state index contributed by atoms with van der Waals surface area (Å²) in [4.78, 5) is 4.10. The van der Waals surface area contributed by atoms with E-state index < -0.39 is 0 Å². The molecule has 2 rings (SSSR count). The second kappa shape index (κ2) is 6.77. The Hall–Kier alpha value is -0.425. The molecule has 0 spiro atoms. The van der Waals surface area contributed by atoms with Crippen LogP contribution in [0.25, 0.3) is 0 Å². The molecule has 0 aliphatic carbocycles. The van der Waals surface area contributed by atoms with Crippen molar-refractivity contribution >= 4 is 13.3 Å². The van der Waals surface area contributed by atoms with Crippen molar-refractivity contribution in [1.82, 2.24) is 5.32 Å². The number of aliphatic imine (C=N–C) groups is 1. The number of nitrogens with zero attached hydrogens (tertiary/aromatic N) is 1. The first kappa shape index (κ1) is 16.9. The molecule has 2 atom stereocenters. The molecule has 2 aliphatic rings. The van der Waals surface area contributed by atoms with Crippen LogP contribution in [0, 0.1) is 0 Å². The van der Waals surface area contributed by atoms with Crippen molar-refractivity contribution in [3.05, 3.63) is 0 Å². The molecule has 0 saturated carbocycles. The van der Waals surface area contributed by atoms with Crippen LogP contribution in [-0.4, -0.2) is 50.4 Å². The van der Waals surface area contributed by atoms with Crippen LogP contribution < -0.4 is 5.32 Å². The van der Waals surface area contributed by atoms with Gasteiger partial charge in [-0.3, -0.25) is 5.32 Å². The van der Waals surface area contributed by atoms with E-state index in [0.717, 1.165) is 25.9 Å². The first-order valence-electron chi connectivity index (χ1n) is 7.99. The fraction of sp³-hybridized carbons (Fsp3) is 0.933. The van der Waals surface area contributed by atoms with E-state index in [0.29, 0.717) is 0 Å². The summed E-state index contributed by atoms with van der Waals surface area (Å²) in [6.07, 6.45) is 6.16. The third-order valence-corrected chi connectivity index (χ3v) is 4.72. The number of nitrogens with one attached hydrogen (secondary N) is 1. The Kier molecular flexibility index (Phi) is 5.46. The zero-order valence-electron chi connectivity index (χ0n) is 14.0. The summed E-state index contributed by atoms with van der Waals surface area (Å²) in [6, 6.07) is 0. The van der Waals surface area contributed by atoms with Gasteiger partial charge in [0.2, 0.25) is 0 Å². The Balaban J connectivity index is 2.02. The van der Waals surface area contributed by atoms with E-state index in [1.54, 1.807) is 7.05 Å². The average Bonchev–Trinajstić information content (AvgIpc) is 2.64. The lowest BCUT2D eigenvalue weighted by atomic mass is 9.76. The van der Waals surface area contributed by atoms with E-state index in [4.69, 9.17) is 14.0 Å². The quantitative estimate of drug-likeness (QED) is 0.624. The second-order valence-electron chi connectivity index (χ2n) is 6.93. The average molecular weight is 296 g/mol. The Morgan fingerprint density at radius 3 is 2.43 bits per heavy atom. The molecule has 2 fully saturated rings. The third-order valence-electron chi connectivity index (χ3n) is 4.72. The largest absolute Gasteiger partial charge is 0.476 e. The van der Waals surface area contributed by atoms with Gasteiger partial charge in [0.25, 0.3) is 0 Å². The Labute approximate surface area is 129 Å². The van der Waals surface area contributed by atoms with Crippen LogP contribution >= 0.6 is 0 Å². The van der Waals surface area contributed by atoms with E-state index in [-0.39, 0.29) is 30.5 Å². The van der Waals surface area contributed by atoms with E-state index in [9.17, 15) is 0 Å². The maximum absolute atomic E-state index is 6.16. The van der Waals surface area contributed by atoms with Crippen molar-refractivity contribution in [3.8, 4) is 0 Å². The van der Waals surface area contributed by atoms with Crippen molar-refractivity contribution in [2.24, 2.45) is 4.99 Å². The standard InChI is InChI=1S/C15H29BN2O3/c1-14(2)15(3,4)21-16(20-14)12(9-10-17-5)18-13-8-6-7-11-19-13/h10,12-13,18H,6-9,11H2,1-5H3/b17-10-. The number of hydrogen-bond acceptors (Lipinski definition) is 5. The molecule has 0 aromatic heterocycles. The first-order chi connectivity index (χ1) is 9.86. The van der Waals surface area contributed by atoms with Gasteiger partial charge in [0.15, 0.2) is 0 Å². The molecule has 1 N–H and O–H groups in total. The topological polar surface area (TPSA) is 52.1 Å². The zero-order valence-corrected chi connectivity index (χ0v) is 14.0. The molecular weight excluding hydrogens is 267 g/mol. The Morgan fingerprint density at radius 1 is 1.24 bits per heavy atom. The fourth-order valence-corrected chi connectivity index (χ4v) is 2.64. The molecule has 2 aliphatic heterocycles. The number of rotatable bonds is 5. The van der Waals surface area contributed by atoms with Crippen molar-refractivity contribution in [1.29, 1.82) is 0 Å². The van der Waals surface area contributed by atoms with Gasteiger partial charge in [-0.25, -0.2) is 0 Å². The van der Waals surface area contributed by atoms with Crippen molar-refractivity contribution in [3.63, 3.8) is 0 Å². The van der Waals surface area contributed by atoms with Crippen LogP contribution in [0.15, 0.2) is 4.99 Å². The zero-order chi connectivity index (χ0) is 15.5. The van der Waals surface area contributed by atoms with E-state index >= 15 is 0 Å². The highest BCUT2D eigenvalue weighted by Gasteiger charge is 2.53. The lowest BCUT2D eigenvalue weighted by Crippen LogP contribution is -2.51. The van der Waals surface area contributed by atoms with Crippen LogP contribution in [-0.2, 0) is 14.0 Å². The molecule has 0 aromatic carbocycles. The summed E-state index contributed by atoms with van der Waals surface area (Å²) in [7, 11) is 1.51. The molecule has 2 unspecified atom stereocenters. The summed E-state index contributed by atoms with van der Waals surface area (Å²) in [5.74, 6) is 0.0536. The highest BCUT2D eigenvalue weighted by Crippen LogP contribution is 2.37. The van der Waals surface area contributed by atoms with Crippen LogP contribution in [0.3, 0.4) is 0 Å². The van der Waals surface area contributed by atoms with Gasteiger partial charge in [0.05, 0.1) is 11.2 Å². The molecule has 0 radical (unpaired) electrons. The molecule has 0 amide bonds. The Bertz CT molecular complexity index is 352. The lowest BCUT2D eigenvalue weighted by molar-refractivity contribution is -0.00928. The van der Waals surface area contributed by atoms with E-state index in [2.05, 4.69) is 38.0 Å². The van der Waals surface area contributed by atoms with Crippen LogP contribution in [0.5, 0.6) is 0 Å². The first-order valence-corrected chi connectivity index (χ1v) is 7.99. The van der Waals surface area contributed by atoms with Gasteiger partial charge < -0.3 is 19.0 Å². The maximum atomic E-state index is 6.16. The van der Waals surface area contributed by atoms with Gasteiger partial charge in [-0.05, 0) is 59.6 Å². The predicted molar refractivity (Wildman–Crippen MR) is 85.6 cm³/mol. The molecular formula is C15H29BN2O3. The highest BCUT2D eigenvalue weighted by molar-refractivity contribution is 6.48. The fourth-order valence-electron chi connectivity index (χ4n) is 2.64. The summed E-state index contributed by atoms with van der Waals surface area (Å²) in [5.41, 5.74) is -0.622. The van der Waals surface area contributed by atoms with E-state index in [1.807, 2.05) is 6.21 Å². The molecule has 0 aromatic rings. The van der Waals surface area contributed by atoms with Crippen molar-refractivity contribution in [2.45, 2.75) is 76.7 Å². The monoisotopic (exact) mass is 296 g/mol. The van der Waals surface area contributed by atoms with Gasteiger partial charge in [0.1, 0.15) is 6.23 Å². The molecule has 120 valence electrons. The minimum atomic E-state index is -0.311. The molecule has 2 heterocycles. The lowest BCUT2D eigenvalue weighted by Gasteiger charge is -2.32. The predicted octanol–water partition coefficient (Wildman–Crippen LogP) is 2.19. The molecule has 21 heavy (non-hydrogen) atoms. The van der Waals surface area contributed by atoms with Gasteiger partial charge in [-0.15, -0.1) is 0 Å². The Morgan fingerprint density at radius 2 is 1.90 bits per heavy atom. The van der Waals surface area contributed by atoms with Crippen molar-refractivity contribution in [2.75, 3.05) is 13.7 Å². The second-order valence-corrected chi connectivity index (χ2v) is 6.93. The SMILES string of the molecule is C/N=C\CC(NC1CCCCO1)B1OC(C)(C)C(C)(C)O1. The summed E-state index contributed by atoms with van der Waals surface area (Å²) >= 11 is 0. The summed E-state index contributed by atoms with van der Waals surface area (Å²) < 4.78 is 18.1. The minimum Gasteiger partial charge on any atom is -0.402 e. The number of hydrogen-bond donors (Lipinski definition) is 1. The summed E-state index contributed by atoms with van der Waals surface area (Å²) in [5, 5.41) is 3.54. The summed E-state index contributed by atoms with van der Waals surface area (Å²) in [6.45, 7) is 9.14. The number of ether oxygens (including phenoxy) is 1. The normalized spacial score (nSPS) is 30.0. The van der Waals surface area contributed by atoms with Crippen LogP contribution in [0.2, 0.25) is 0 Å². The van der Waals surface area contributed by atoms with Gasteiger partial charge in [0, 0.05) is 19.6 Å². The highest BCUT2D eigenvalue weighted by atomic mass is 16.7. The smallest absolute Gasteiger partial charge is 0.402 e.